The van der Waals surface area contributed by atoms with Gasteiger partial charge < -0.3 is 9.73 Å². The molecule has 2 aromatic rings. The highest BCUT2D eigenvalue weighted by Crippen LogP contribution is 2.35. The summed E-state index contributed by atoms with van der Waals surface area (Å²) in [4.78, 5) is 2.00. The number of furan rings is 1. The lowest BCUT2D eigenvalue weighted by Gasteiger charge is -2.34. The minimum Gasteiger partial charge on any atom is -0.467 e. The maximum Gasteiger partial charge on any atom is 0.416 e. The first-order chi connectivity index (χ1) is 11.0. The van der Waals surface area contributed by atoms with Gasteiger partial charge in [0.15, 0.2) is 0 Å². The molecular formula is C16H16F4N2O. The molecule has 1 fully saturated rings. The van der Waals surface area contributed by atoms with Crippen molar-refractivity contribution < 1.29 is 22.0 Å². The number of alkyl halides is 3. The summed E-state index contributed by atoms with van der Waals surface area (Å²) >= 11 is 0. The summed E-state index contributed by atoms with van der Waals surface area (Å²) in [6, 6.07) is 5.53. The van der Waals surface area contributed by atoms with E-state index in [0.717, 1.165) is 19.2 Å². The highest BCUT2D eigenvalue weighted by atomic mass is 19.4. The van der Waals surface area contributed by atoms with Gasteiger partial charge in [-0.1, -0.05) is 6.07 Å². The molecule has 0 amide bonds. The molecule has 1 aliphatic heterocycles. The molecule has 1 atom stereocenters. The van der Waals surface area contributed by atoms with Crippen LogP contribution in [-0.2, 0) is 6.18 Å². The van der Waals surface area contributed by atoms with E-state index in [9.17, 15) is 17.6 Å². The summed E-state index contributed by atoms with van der Waals surface area (Å²) in [6.45, 7) is 2.79. The first-order valence-electron chi connectivity index (χ1n) is 7.31. The Morgan fingerprint density at radius 3 is 2.43 bits per heavy atom. The van der Waals surface area contributed by atoms with E-state index in [-0.39, 0.29) is 5.56 Å². The highest BCUT2D eigenvalue weighted by molar-refractivity contribution is 5.32. The van der Waals surface area contributed by atoms with Crippen LogP contribution in [0.2, 0.25) is 0 Å². The molecule has 0 unspecified atom stereocenters. The minimum absolute atomic E-state index is 0.190. The second-order valence-electron chi connectivity index (χ2n) is 5.44. The SMILES string of the molecule is Fc1cc(C(F)(F)F)ccc1[C@@H](c1ccco1)N1CCNCC1. The molecule has 0 spiro atoms. The molecule has 0 aliphatic carbocycles. The van der Waals surface area contributed by atoms with Crippen molar-refractivity contribution >= 4 is 0 Å². The van der Waals surface area contributed by atoms with E-state index in [0.29, 0.717) is 24.9 Å². The molecule has 1 aromatic heterocycles. The number of nitrogens with zero attached hydrogens (tertiary/aromatic N) is 1. The third kappa shape index (κ3) is 3.40. The maximum absolute atomic E-state index is 14.4. The van der Waals surface area contributed by atoms with Crippen LogP contribution >= 0.6 is 0 Å². The van der Waals surface area contributed by atoms with Crippen LogP contribution in [0, 0.1) is 5.82 Å². The van der Waals surface area contributed by atoms with Crippen LogP contribution in [0.3, 0.4) is 0 Å². The van der Waals surface area contributed by atoms with Gasteiger partial charge in [0, 0.05) is 31.7 Å². The summed E-state index contributed by atoms with van der Waals surface area (Å²) in [7, 11) is 0. The number of rotatable bonds is 3. The Hall–Kier alpha value is -1.86. The third-order valence-corrected chi connectivity index (χ3v) is 3.95. The zero-order chi connectivity index (χ0) is 16.4. The van der Waals surface area contributed by atoms with E-state index >= 15 is 0 Å². The summed E-state index contributed by atoms with van der Waals surface area (Å²) in [5, 5.41) is 3.20. The van der Waals surface area contributed by atoms with Crippen LogP contribution in [0.4, 0.5) is 17.6 Å². The fourth-order valence-corrected chi connectivity index (χ4v) is 2.84. The monoisotopic (exact) mass is 328 g/mol. The molecule has 3 rings (SSSR count). The Balaban J connectivity index is 2.00. The third-order valence-electron chi connectivity index (χ3n) is 3.95. The Kier molecular flexibility index (Phi) is 4.41. The lowest BCUT2D eigenvalue weighted by Crippen LogP contribution is -2.45. The molecule has 3 nitrogen and oxygen atoms in total. The fraction of sp³-hybridized carbons (Fsp3) is 0.375. The van der Waals surface area contributed by atoms with Crippen LogP contribution < -0.4 is 5.32 Å². The Bertz CT molecular complexity index is 649. The zero-order valence-electron chi connectivity index (χ0n) is 12.2. The van der Waals surface area contributed by atoms with Crippen molar-refractivity contribution in [1.29, 1.82) is 0 Å². The van der Waals surface area contributed by atoms with Crippen molar-refractivity contribution in [3.05, 3.63) is 59.3 Å². The van der Waals surface area contributed by atoms with Gasteiger partial charge in [-0.2, -0.15) is 13.2 Å². The smallest absolute Gasteiger partial charge is 0.416 e. The number of benzene rings is 1. The Labute approximate surface area is 130 Å². The Morgan fingerprint density at radius 1 is 1.13 bits per heavy atom. The van der Waals surface area contributed by atoms with Crippen LogP contribution in [0.25, 0.3) is 0 Å². The normalized spacial score (nSPS) is 18.1. The molecule has 23 heavy (non-hydrogen) atoms. The van der Waals surface area contributed by atoms with Gasteiger partial charge in [-0.25, -0.2) is 4.39 Å². The molecule has 1 N–H and O–H groups in total. The summed E-state index contributed by atoms with van der Waals surface area (Å²) < 4.78 is 58.0. The minimum atomic E-state index is -4.56. The predicted molar refractivity (Wildman–Crippen MR) is 76.4 cm³/mol. The van der Waals surface area contributed by atoms with Gasteiger partial charge >= 0.3 is 6.18 Å². The molecule has 1 aliphatic rings. The first kappa shape index (κ1) is 16.0. The topological polar surface area (TPSA) is 28.4 Å². The van der Waals surface area contributed by atoms with Crippen molar-refractivity contribution in [2.75, 3.05) is 26.2 Å². The summed E-state index contributed by atoms with van der Waals surface area (Å²) in [5.74, 6) is -0.356. The van der Waals surface area contributed by atoms with E-state index in [1.54, 1.807) is 12.1 Å². The van der Waals surface area contributed by atoms with Crippen molar-refractivity contribution in [3.63, 3.8) is 0 Å². The van der Waals surface area contributed by atoms with Crippen LogP contribution in [0.5, 0.6) is 0 Å². The number of hydrogen-bond donors (Lipinski definition) is 1. The zero-order valence-corrected chi connectivity index (χ0v) is 12.2. The average molecular weight is 328 g/mol. The second-order valence-corrected chi connectivity index (χ2v) is 5.44. The van der Waals surface area contributed by atoms with E-state index in [1.165, 1.54) is 12.3 Å². The van der Waals surface area contributed by atoms with Gasteiger partial charge in [-0.05, 0) is 24.3 Å². The largest absolute Gasteiger partial charge is 0.467 e. The molecule has 1 saturated heterocycles. The highest BCUT2D eigenvalue weighted by Gasteiger charge is 2.33. The van der Waals surface area contributed by atoms with Crippen molar-refractivity contribution in [1.82, 2.24) is 10.2 Å². The molecule has 124 valence electrons. The van der Waals surface area contributed by atoms with Crippen LogP contribution in [-0.4, -0.2) is 31.1 Å². The van der Waals surface area contributed by atoms with Crippen LogP contribution in [0.15, 0.2) is 41.0 Å². The maximum atomic E-state index is 14.4. The second kappa shape index (κ2) is 6.33. The van der Waals surface area contributed by atoms with Crippen molar-refractivity contribution in [2.24, 2.45) is 0 Å². The van der Waals surface area contributed by atoms with E-state index < -0.39 is 23.6 Å². The van der Waals surface area contributed by atoms with Gasteiger partial charge in [0.1, 0.15) is 11.6 Å². The van der Waals surface area contributed by atoms with Gasteiger partial charge in [-0.3, -0.25) is 4.90 Å². The molecule has 7 heteroatoms. The lowest BCUT2D eigenvalue weighted by molar-refractivity contribution is -0.137. The molecule has 0 saturated carbocycles. The molecule has 0 bridgehead atoms. The average Bonchev–Trinajstić information content (AvgIpc) is 3.03. The van der Waals surface area contributed by atoms with Gasteiger partial charge in [-0.15, -0.1) is 0 Å². The summed E-state index contributed by atoms with van der Waals surface area (Å²) in [5.41, 5.74) is -0.799. The lowest BCUT2D eigenvalue weighted by atomic mass is 9.99. The quantitative estimate of drug-likeness (QED) is 0.875. The van der Waals surface area contributed by atoms with Crippen molar-refractivity contribution in [2.45, 2.75) is 12.2 Å². The number of halogens is 4. The molecule has 1 aromatic carbocycles. The summed E-state index contributed by atoms with van der Waals surface area (Å²) in [6.07, 6.45) is -3.08. The van der Waals surface area contributed by atoms with Crippen molar-refractivity contribution in [3.8, 4) is 0 Å². The van der Waals surface area contributed by atoms with Crippen LogP contribution in [0.1, 0.15) is 22.9 Å². The molecular weight excluding hydrogens is 312 g/mol. The predicted octanol–water partition coefficient (Wildman–Crippen LogP) is 3.43. The number of nitrogens with one attached hydrogen (secondary N) is 1. The number of hydrogen-bond acceptors (Lipinski definition) is 3. The van der Waals surface area contributed by atoms with Gasteiger partial charge in [0.2, 0.25) is 0 Å². The van der Waals surface area contributed by atoms with E-state index in [4.69, 9.17) is 4.42 Å². The first-order valence-corrected chi connectivity index (χ1v) is 7.31. The van der Waals surface area contributed by atoms with E-state index in [1.807, 2.05) is 4.90 Å². The van der Waals surface area contributed by atoms with Gasteiger partial charge in [0.05, 0.1) is 17.9 Å². The fourth-order valence-electron chi connectivity index (χ4n) is 2.84. The Morgan fingerprint density at radius 2 is 1.87 bits per heavy atom. The van der Waals surface area contributed by atoms with E-state index in [2.05, 4.69) is 5.32 Å². The van der Waals surface area contributed by atoms with Gasteiger partial charge in [0.25, 0.3) is 0 Å². The standard InChI is InChI=1S/C16H16F4N2O/c17-13-10-11(16(18,19)20)3-4-12(13)15(14-2-1-9-23-14)22-7-5-21-6-8-22/h1-4,9-10,15,21H,5-8H2/t15-/m0/s1. The molecule has 0 radical (unpaired) electrons. The molecule has 2 heterocycles. The number of piperazine rings is 1.